The molecule has 1 heterocycles. The summed E-state index contributed by atoms with van der Waals surface area (Å²) in [6.45, 7) is 2.17. The average molecular weight is 234 g/mol. The van der Waals surface area contributed by atoms with Crippen LogP contribution < -0.4 is 5.69 Å². The average Bonchev–Trinajstić information content (AvgIpc) is 2.73. The highest BCUT2D eigenvalue weighted by molar-refractivity contribution is 7.98. The molecule has 4 heteroatoms. The van der Waals surface area contributed by atoms with Crippen molar-refractivity contribution in [3.05, 3.63) is 58.3 Å². The molecule has 0 spiro atoms. The third-order valence-electron chi connectivity index (χ3n) is 2.41. The van der Waals surface area contributed by atoms with Gasteiger partial charge in [0.05, 0.1) is 0 Å². The fraction of sp³-hybridized carbons (Fsp3) is 0.250. The van der Waals surface area contributed by atoms with Crippen molar-refractivity contribution < 1.29 is 0 Å². The molecular formula is C12H14N2OS. The molecule has 1 aromatic heterocycles. The molecule has 3 nitrogen and oxygen atoms in total. The number of thioether (sulfide) groups is 1. The summed E-state index contributed by atoms with van der Waals surface area (Å²) >= 11 is 1.81. The largest absolute Gasteiger partial charge is 0.323 e. The number of hydrogen-bond donors (Lipinski definition) is 2. The van der Waals surface area contributed by atoms with Crippen LogP contribution in [0.3, 0.4) is 0 Å². The van der Waals surface area contributed by atoms with E-state index in [1.807, 2.05) is 18.2 Å². The first-order valence-corrected chi connectivity index (χ1v) is 6.23. The molecule has 0 saturated heterocycles. The second-order valence-corrected chi connectivity index (χ2v) is 4.96. The predicted octanol–water partition coefficient (Wildman–Crippen LogP) is 2.70. The molecule has 1 aromatic carbocycles. The molecule has 16 heavy (non-hydrogen) atoms. The van der Waals surface area contributed by atoms with Crippen molar-refractivity contribution in [1.82, 2.24) is 9.97 Å². The fourth-order valence-corrected chi connectivity index (χ4v) is 2.42. The van der Waals surface area contributed by atoms with Gasteiger partial charge in [0.1, 0.15) is 0 Å². The Hall–Kier alpha value is -1.42. The molecule has 0 saturated carbocycles. The predicted molar refractivity (Wildman–Crippen MR) is 67.6 cm³/mol. The standard InChI is InChI=1S/C12H14N2OS/c1-9(10-5-3-2-4-6-10)16-8-11-7-13-12(15)14-11/h2-7,9H,8H2,1H3,(H2,13,14,15). The van der Waals surface area contributed by atoms with Gasteiger partial charge < -0.3 is 9.97 Å². The number of rotatable bonds is 4. The third-order valence-corrected chi connectivity index (χ3v) is 3.66. The topological polar surface area (TPSA) is 48.6 Å². The van der Waals surface area contributed by atoms with Crippen LogP contribution in [0.1, 0.15) is 23.4 Å². The van der Waals surface area contributed by atoms with Gasteiger partial charge in [-0.1, -0.05) is 30.3 Å². The van der Waals surface area contributed by atoms with Crippen LogP contribution in [-0.2, 0) is 5.75 Å². The Bertz CT molecular complexity index is 489. The Morgan fingerprint density at radius 1 is 1.31 bits per heavy atom. The van der Waals surface area contributed by atoms with Crippen LogP contribution in [0.4, 0.5) is 0 Å². The molecule has 2 N–H and O–H groups in total. The minimum Gasteiger partial charge on any atom is -0.313 e. The van der Waals surface area contributed by atoms with Crippen molar-refractivity contribution in [3.63, 3.8) is 0 Å². The van der Waals surface area contributed by atoms with Crippen molar-refractivity contribution in [2.24, 2.45) is 0 Å². The molecule has 2 aromatic rings. The zero-order chi connectivity index (χ0) is 11.4. The molecule has 84 valence electrons. The van der Waals surface area contributed by atoms with E-state index >= 15 is 0 Å². The summed E-state index contributed by atoms with van der Waals surface area (Å²) in [4.78, 5) is 16.2. The minimum atomic E-state index is -0.136. The SMILES string of the molecule is CC(SCc1c[nH]c(=O)[nH]1)c1ccccc1. The summed E-state index contributed by atoms with van der Waals surface area (Å²) in [5.74, 6) is 0.814. The van der Waals surface area contributed by atoms with E-state index in [4.69, 9.17) is 0 Å². The Labute approximate surface area is 98.3 Å². The highest BCUT2D eigenvalue weighted by Gasteiger charge is 2.06. The summed E-state index contributed by atoms with van der Waals surface area (Å²) < 4.78 is 0. The number of aromatic nitrogens is 2. The van der Waals surface area contributed by atoms with Gasteiger partial charge in [-0.25, -0.2) is 4.79 Å². The van der Waals surface area contributed by atoms with Crippen molar-refractivity contribution in [2.75, 3.05) is 0 Å². The van der Waals surface area contributed by atoms with Crippen molar-refractivity contribution in [3.8, 4) is 0 Å². The van der Waals surface area contributed by atoms with Gasteiger partial charge in [0, 0.05) is 22.9 Å². The van der Waals surface area contributed by atoms with Crippen molar-refractivity contribution in [1.29, 1.82) is 0 Å². The van der Waals surface area contributed by atoms with Gasteiger partial charge in [-0.2, -0.15) is 0 Å². The first kappa shape index (κ1) is 11.1. The molecule has 0 fully saturated rings. The van der Waals surface area contributed by atoms with Crippen LogP contribution in [0.2, 0.25) is 0 Å². The third kappa shape index (κ3) is 2.79. The maximum Gasteiger partial charge on any atom is 0.323 e. The Morgan fingerprint density at radius 2 is 2.06 bits per heavy atom. The van der Waals surface area contributed by atoms with Crippen LogP contribution >= 0.6 is 11.8 Å². The number of H-pyrrole nitrogens is 2. The lowest BCUT2D eigenvalue weighted by Crippen LogP contribution is -2.00. The first-order chi connectivity index (χ1) is 7.75. The summed E-state index contributed by atoms with van der Waals surface area (Å²) in [6, 6.07) is 10.4. The summed E-state index contributed by atoms with van der Waals surface area (Å²) in [5.41, 5.74) is 2.12. The molecule has 2 rings (SSSR count). The van der Waals surface area contributed by atoms with E-state index in [1.54, 1.807) is 18.0 Å². The van der Waals surface area contributed by atoms with Crippen LogP contribution in [-0.4, -0.2) is 9.97 Å². The van der Waals surface area contributed by atoms with Crippen LogP contribution in [0, 0.1) is 0 Å². The lowest BCUT2D eigenvalue weighted by molar-refractivity contribution is 1.08. The van der Waals surface area contributed by atoms with Gasteiger partial charge in [-0.3, -0.25) is 0 Å². The van der Waals surface area contributed by atoms with Gasteiger partial charge in [-0.05, 0) is 12.5 Å². The van der Waals surface area contributed by atoms with E-state index in [1.165, 1.54) is 5.56 Å². The van der Waals surface area contributed by atoms with E-state index in [9.17, 15) is 4.79 Å². The van der Waals surface area contributed by atoms with Crippen LogP contribution in [0.15, 0.2) is 41.3 Å². The minimum absolute atomic E-state index is 0.136. The first-order valence-electron chi connectivity index (χ1n) is 5.19. The summed E-state index contributed by atoms with van der Waals surface area (Å²) in [6.07, 6.45) is 1.73. The van der Waals surface area contributed by atoms with Gasteiger partial charge in [0.15, 0.2) is 0 Å². The second-order valence-electron chi connectivity index (χ2n) is 3.63. The number of nitrogens with one attached hydrogen (secondary N) is 2. The fourth-order valence-electron chi connectivity index (χ4n) is 1.48. The number of hydrogen-bond acceptors (Lipinski definition) is 2. The van der Waals surface area contributed by atoms with E-state index in [2.05, 4.69) is 29.0 Å². The van der Waals surface area contributed by atoms with E-state index in [-0.39, 0.29) is 5.69 Å². The summed E-state index contributed by atoms with van der Waals surface area (Å²) in [5, 5.41) is 0.430. The molecule has 0 bridgehead atoms. The van der Waals surface area contributed by atoms with Crippen molar-refractivity contribution in [2.45, 2.75) is 17.9 Å². The van der Waals surface area contributed by atoms with E-state index < -0.39 is 0 Å². The van der Waals surface area contributed by atoms with Crippen molar-refractivity contribution >= 4 is 11.8 Å². The smallest absolute Gasteiger partial charge is 0.313 e. The van der Waals surface area contributed by atoms with Gasteiger partial charge in [-0.15, -0.1) is 11.8 Å². The van der Waals surface area contributed by atoms with E-state index in [0.29, 0.717) is 5.25 Å². The lowest BCUT2D eigenvalue weighted by atomic mass is 10.2. The highest BCUT2D eigenvalue weighted by atomic mass is 32.2. The molecule has 0 aliphatic heterocycles. The maximum atomic E-state index is 10.9. The highest BCUT2D eigenvalue weighted by Crippen LogP contribution is 2.29. The van der Waals surface area contributed by atoms with Gasteiger partial charge in [0.25, 0.3) is 0 Å². The van der Waals surface area contributed by atoms with Crippen LogP contribution in [0.25, 0.3) is 0 Å². The number of aromatic amines is 2. The molecule has 0 aliphatic rings. The van der Waals surface area contributed by atoms with E-state index in [0.717, 1.165) is 11.4 Å². The second kappa shape index (κ2) is 5.07. The Kier molecular flexibility index (Phi) is 3.51. The lowest BCUT2D eigenvalue weighted by Gasteiger charge is -2.10. The Balaban J connectivity index is 1.94. The molecule has 0 aliphatic carbocycles. The Morgan fingerprint density at radius 3 is 2.69 bits per heavy atom. The molecule has 1 atom stereocenters. The van der Waals surface area contributed by atoms with Gasteiger partial charge >= 0.3 is 5.69 Å². The zero-order valence-corrected chi connectivity index (χ0v) is 9.88. The monoisotopic (exact) mass is 234 g/mol. The number of benzene rings is 1. The molecule has 0 radical (unpaired) electrons. The zero-order valence-electron chi connectivity index (χ0n) is 9.07. The number of imidazole rings is 1. The quantitative estimate of drug-likeness (QED) is 0.854. The van der Waals surface area contributed by atoms with Gasteiger partial charge in [0.2, 0.25) is 0 Å². The molecule has 0 amide bonds. The normalized spacial score (nSPS) is 12.6. The molecule has 1 unspecified atom stereocenters. The molecular weight excluding hydrogens is 220 g/mol. The summed E-state index contributed by atoms with van der Waals surface area (Å²) in [7, 11) is 0. The van der Waals surface area contributed by atoms with Crippen LogP contribution in [0.5, 0.6) is 0 Å². The maximum absolute atomic E-state index is 10.9.